The molecule has 0 atom stereocenters. The lowest BCUT2D eigenvalue weighted by Gasteiger charge is -2.28. The van der Waals surface area contributed by atoms with Crippen molar-refractivity contribution >= 4 is 33.8 Å². The number of anilines is 1. The maximum Gasteiger partial charge on any atom is 0.252 e. The van der Waals surface area contributed by atoms with Gasteiger partial charge in [0.25, 0.3) is 5.91 Å². The number of morpholine rings is 1. The molecular formula is C23H22N4O2S. The summed E-state index contributed by atoms with van der Waals surface area (Å²) in [4.78, 5) is 23.7. The van der Waals surface area contributed by atoms with Crippen LogP contribution in [0.4, 0.5) is 5.69 Å². The number of aromatic nitrogens is 2. The van der Waals surface area contributed by atoms with Gasteiger partial charge in [-0.1, -0.05) is 12.1 Å². The van der Waals surface area contributed by atoms with Crippen LogP contribution in [-0.4, -0.2) is 42.2 Å². The van der Waals surface area contributed by atoms with Crippen molar-refractivity contribution in [1.82, 2.24) is 15.3 Å². The molecule has 1 saturated heterocycles. The zero-order valence-corrected chi connectivity index (χ0v) is 17.2. The van der Waals surface area contributed by atoms with Crippen LogP contribution < -0.4 is 10.2 Å². The second-order valence-corrected chi connectivity index (χ2v) is 8.16. The van der Waals surface area contributed by atoms with Crippen molar-refractivity contribution in [3.63, 3.8) is 0 Å². The number of nitrogens with one attached hydrogen (secondary N) is 2. The van der Waals surface area contributed by atoms with E-state index in [1.807, 2.05) is 24.5 Å². The van der Waals surface area contributed by atoms with Crippen molar-refractivity contribution in [3.8, 4) is 10.4 Å². The first-order valence-electron chi connectivity index (χ1n) is 9.98. The minimum Gasteiger partial charge on any atom is -0.378 e. The molecular weight excluding hydrogens is 396 g/mol. The van der Waals surface area contributed by atoms with E-state index in [1.165, 1.54) is 5.69 Å². The molecule has 0 spiro atoms. The predicted molar refractivity (Wildman–Crippen MR) is 120 cm³/mol. The third-order valence-electron chi connectivity index (χ3n) is 5.40. The van der Waals surface area contributed by atoms with E-state index in [0.717, 1.165) is 53.2 Å². The topological polar surface area (TPSA) is 70.2 Å². The number of amides is 1. The van der Waals surface area contributed by atoms with Crippen LogP contribution in [0.5, 0.6) is 0 Å². The predicted octanol–water partition coefficient (Wildman–Crippen LogP) is 4.06. The van der Waals surface area contributed by atoms with E-state index in [9.17, 15) is 4.79 Å². The number of benzene rings is 2. The molecule has 7 heteroatoms. The Balaban J connectivity index is 1.32. The summed E-state index contributed by atoms with van der Waals surface area (Å²) in [6, 6.07) is 14.3. The summed E-state index contributed by atoms with van der Waals surface area (Å²) >= 11 is 1.56. The number of nitrogens with zero attached hydrogens (tertiary/aromatic N) is 2. The largest absolute Gasteiger partial charge is 0.378 e. The molecule has 0 unspecified atom stereocenters. The van der Waals surface area contributed by atoms with Gasteiger partial charge in [0, 0.05) is 54.2 Å². The molecule has 1 aliphatic heterocycles. The monoisotopic (exact) mass is 418 g/mol. The highest BCUT2D eigenvalue weighted by Gasteiger charge is 2.15. The molecule has 2 N–H and O–H groups in total. The van der Waals surface area contributed by atoms with Crippen molar-refractivity contribution in [3.05, 3.63) is 71.5 Å². The van der Waals surface area contributed by atoms with Gasteiger partial charge in [-0.05, 0) is 41.5 Å². The van der Waals surface area contributed by atoms with E-state index in [-0.39, 0.29) is 5.91 Å². The molecule has 0 saturated carbocycles. The standard InChI is InChI=1S/C23H22N4O2S/c28-23(26-13-16-1-3-18(4-2-16)27-7-9-29-10-8-27)20-11-17(22-14-24-15-30-22)12-21-19(20)5-6-25-21/h1-6,11-12,14-15,25H,7-10,13H2,(H,26,28). The van der Waals surface area contributed by atoms with Crippen molar-refractivity contribution in [1.29, 1.82) is 0 Å². The molecule has 5 rings (SSSR count). The molecule has 4 aromatic rings. The fourth-order valence-electron chi connectivity index (χ4n) is 3.78. The number of hydrogen-bond donors (Lipinski definition) is 2. The maximum absolute atomic E-state index is 13.0. The van der Waals surface area contributed by atoms with Crippen LogP contribution in [0.1, 0.15) is 15.9 Å². The van der Waals surface area contributed by atoms with Gasteiger partial charge in [0.1, 0.15) is 0 Å². The van der Waals surface area contributed by atoms with Crippen LogP contribution in [0.2, 0.25) is 0 Å². The van der Waals surface area contributed by atoms with Crippen LogP contribution in [0.15, 0.2) is 60.4 Å². The second kappa shape index (κ2) is 8.30. The summed E-state index contributed by atoms with van der Waals surface area (Å²) in [6.07, 6.45) is 3.69. The quantitative estimate of drug-likeness (QED) is 0.513. The number of hydrogen-bond acceptors (Lipinski definition) is 5. The third kappa shape index (κ3) is 3.81. The number of rotatable bonds is 5. The minimum absolute atomic E-state index is 0.0804. The molecule has 0 radical (unpaired) electrons. The lowest BCUT2D eigenvalue weighted by atomic mass is 10.0. The van der Waals surface area contributed by atoms with Crippen molar-refractivity contribution in [2.24, 2.45) is 0 Å². The molecule has 0 aliphatic carbocycles. The highest BCUT2D eigenvalue weighted by molar-refractivity contribution is 7.13. The molecule has 0 bridgehead atoms. The molecule has 1 amide bonds. The lowest BCUT2D eigenvalue weighted by Crippen LogP contribution is -2.36. The van der Waals surface area contributed by atoms with E-state index < -0.39 is 0 Å². The molecule has 1 fully saturated rings. The fourth-order valence-corrected chi connectivity index (χ4v) is 4.39. The number of carbonyl (C=O) groups is 1. The van der Waals surface area contributed by atoms with Gasteiger partial charge in [-0.15, -0.1) is 11.3 Å². The first-order valence-corrected chi connectivity index (χ1v) is 10.9. The smallest absolute Gasteiger partial charge is 0.252 e. The van der Waals surface area contributed by atoms with Gasteiger partial charge in [-0.25, -0.2) is 0 Å². The van der Waals surface area contributed by atoms with E-state index in [2.05, 4.69) is 50.5 Å². The zero-order chi connectivity index (χ0) is 20.3. The Morgan fingerprint density at radius 1 is 1.17 bits per heavy atom. The van der Waals surface area contributed by atoms with E-state index in [4.69, 9.17) is 4.74 Å². The van der Waals surface area contributed by atoms with Crippen LogP contribution in [0.3, 0.4) is 0 Å². The number of H-pyrrole nitrogens is 1. The number of ether oxygens (including phenoxy) is 1. The van der Waals surface area contributed by atoms with Gasteiger partial charge in [0.2, 0.25) is 0 Å². The molecule has 3 heterocycles. The zero-order valence-electron chi connectivity index (χ0n) is 16.4. The summed E-state index contributed by atoms with van der Waals surface area (Å²) < 4.78 is 5.41. The van der Waals surface area contributed by atoms with Crippen molar-refractivity contribution in [2.75, 3.05) is 31.2 Å². The summed E-state index contributed by atoms with van der Waals surface area (Å²) in [5.74, 6) is -0.0804. The lowest BCUT2D eigenvalue weighted by molar-refractivity contribution is 0.0952. The Morgan fingerprint density at radius 3 is 2.77 bits per heavy atom. The normalized spacial score (nSPS) is 14.2. The first kappa shape index (κ1) is 18.8. The highest BCUT2D eigenvalue weighted by Crippen LogP contribution is 2.29. The summed E-state index contributed by atoms with van der Waals surface area (Å²) in [6.45, 7) is 3.86. The van der Waals surface area contributed by atoms with Crippen molar-refractivity contribution < 1.29 is 9.53 Å². The van der Waals surface area contributed by atoms with Crippen LogP contribution in [-0.2, 0) is 11.3 Å². The van der Waals surface area contributed by atoms with Gasteiger partial charge in [-0.3, -0.25) is 9.78 Å². The maximum atomic E-state index is 13.0. The van der Waals surface area contributed by atoms with E-state index in [1.54, 1.807) is 16.8 Å². The number of aromatic amines is 1. The highest BCUT2D eigenvalue weighted by atomic mass is 32.1. The molecule has 6 nitrogen and oxygen atoms in total. The SMILES string of the molecule is O=C(NCc1ccc(N2CCOCC2)cc1)c1cc(-c2cncs2)cc2[nH]ccc12. The van der Waals surface area contributed by atoms with Gasteiger partial charge in [-0.2, -0.15) is 0 Å². The molecule has 30 heavy (non-hydrogen) atoms. The van der Waals surface area contributed by atoms with E-state index >= 15 is 0 Å². The summed E-state index contributed by atoms with van der Waals surface area (Å²) in [5, 5.41) is 3.99. The van der Waals surface area contributed by atoms with Gasteiger partial charge in [0.15, 0.2) is 0 Å². The first-order chi connectivity index (χ1) is 14.8. The van der Waals surface area contributed by atoms with Crippen LogP contribution in [0.25, 0.3) is 21.3 Å². The molecule has 2 aromatic carbocycles. The van der Waals surface area contributed by atoms with Crippen LogP contribution >= 0.6 is 11.3 Å². The van der Waals surface area contributed by atoms with Crippen molar-refractivity contribution in [2.45, 2.75) is 6.54 Å². The number of fused-ring (bicyclic) bond motifs is 1. The summed E-state index contributed by atoms with van der Waals surface area (Å²) in [7, 11) is 0. The summed E-state index contributed by atoms with van der Waals surface area (Å²) in [5.41, 5.74) is 6.67. The molecule has 2 aromatic heterocycles. The fraction of sp³-hybridized carbons (Fsp3) is 0.217. The Hall–Kier alpha value is -3.16. The van der Waals surface area contributed by atoms with Gasteiger partial charge >= 0.3 is 0 Å². The Bertz CT molecular complexity index is 1150. The number of carbonyl (C=O) groups excluding carboxylic acids is 1. The Labute approximate surface area is 178 Å². The van der Waals surface area contributed by atoms with Crippen LogP contribution in [0, 0.1) is 0 Å². The Kier molecular flexibility index (Phi) is 5.21. The number of thiazole rings is 1. The second-order valence-electron chi connectivity index (χ2n) is 7.28. The third-order valence-corrected chi connectivity index (χ3v) is 6.22. The average Bonchev–Trinajstić information content (AvgIpc) is 3.50. The average molecular weight is 419 g/mol. The Morgan fingerprint density at radius 2 is 2.00 bits per heavy atom. The molecule has 1 aliphatic rings. The van der Waals surface area contributed by atoms with Gasteiger partial charge in [0.05, 0.1) is 23.6 Å². The van der Waals surface area contributed by atoms with E-state index in [0.29, 0.717) is 12.1 Å². The minimum atomic E-state index is -0.0804. The molecule has 152 valence electrons. The van der Waals surface area contributed by atoms with Gasteiger partial charge < -0.3 is 19.9 Å².